The number of hydrogen-bond donors (Lipinski definition) is 1. The van der Waals surface area contributed by atoms with E-state index < -0.39 is 23.1 Å². The van der Waals surface area contributed by atoms with Crippen LogP contribution >= 0.6 is 0 Å². The molecule has 0 radical (unpaired) electrons. The van der Waals surface area contributed by atoms with Gasteiger partial charge in [0.1, 0.15) is 5.82 Å². The summed E-state index contributed by atoms with van der Waals surface area (Å²) in [6, 6.07) is 12.7. The number of carbonyl (C=O) groups excluding carboxylic acids is 2. The van der Waals surface area contributed by atoms with Crippen molar-refractivity contribution in [3.63, 3.8) is 0 Å². The predicted molar refractivity (Wildman–Crippen MR) is 100 cm³/mol. The quantitative estimate of drug-likeness (QED) is 0.687. The fraction of sp³-hybridized carbons (Fsp3) is 0.100. The Labute approximate surface area is 159 Å². The van der Waals surface area contributed by atoms with Gasteiger partial charge in [-0.05, 0) is 55.5 Å². The second-order valence-electron chi connectivity index (χ2n) is 5.70. The summed E-state index contributed by atoms with van der Waals surface area (Å²) in [4.78, 5) is 36.2. The number of anilines is 1. The molecule has 0 bridgehead atoms. The van der Waals surface area contributed by atoms with Gasteiger partial charge in [-0.2, -0.15) is 5.10 Å². The molecule has 0 unspecified atom stereocenters. The highest BCUT2D eigenvalue weighted by molar-refractivity contribution is 6.03. The Kier molecular flexibility index (Phi) is 5.59. The number of hydrogen-bond acceptors (Lipinski definition) is 5. The standard InChI is InChI=1S/C20H16FN3O4/c1-2-28-20(27)13-3-7-15(8-4-13)22-19(26)18-17(25)11-12-24(23-18)16-9-5-14(21)6-10-16/h3-12H,2H2,1H3,(H,22,26). The van der Waals surface area contributed by atoms with Crippen molar-refractivity contribution in [2.45, 2.75) is 6.92 Å². The molecule has 0 spiro atoms. The molecule has 0 saturated carbocycles. The fourth-order valence-electron chi connectivity index (χ4n) is 2.40. The lowest BCUT2D eigenvalue weighted by atomic mass is 10.2. The first-order valence-corrected chi connectivity index (χ1v) is 8.42. The Morgan fingerprint density at radius 2 is 1.75 bits per heavy atom. The van der Waals surface area contributed by atoms with E-state index in [1.54, 1.807) is 6.92 Å². The van der Waals surface area contributed by atoms with Crippen LogP contribution in [0.3, 0.4) is 0 Å². The van der Waals surface area contributed by atoms with Gasteiger partial charge in [0.05, 0.1) is 17.9 Å². The molecule has 0 fully saturated rings. The maximum Gasteiger partial charge on any atom is 0.338 e. The summed E-state index contributed by atoms with van der Waals surface area (Å²) in [5.41, 5.74) is 0.349. The van der Waals surface area contributed by atoms with Crippen LogP contribution in [0, 0.1) is 5.82 Å². The summed E-state index contributed by atoms with van der Waals surface area (Å²) in [5, 5.41) is 6.59. The van der Waals surface area contributed by atoms with Gasteiger partial charge in [0.25, 0.3) is 5.91 Å². The third kappa shape index (κ3) is 4.29. The van der Waals surface area contributed by atoms with Gasteiger partial charge in [-0.1, -0.05) is 0 Å². The van der Waals surface area contributed by atoms with Gasteiger partial charge >= 0.3 is 5.97 Å². The molecule has 1 aromatic heterocycles. The fourth-order valence-corrected chi connectivity index (χ4v) is 2.40. The Balaban J connectivity index is 1.80. The number of amides is 1. The average molecular weight is 381 g/mol. The maximum absolute atomic E-state index is 13.1. The number of halogens is 1. The topological polar surface area (TPSA) is 90.3 Å². The number of nitrogens with zero attached hydrogens (tertiary/aromatic N) is 2. The second-order valence-corrected chi connectivity index (χ2v) is 5.70. The number of ether oxygens (including phenoxy) is 1. The molecule has 0 aliphatic rings. The van der Waals surface area contributed by atoms with E-state index in [-0.39, 0.29) is 12.3 Å². The second kappa shape index (κ2) is 8.26. The molecule has 28 heavy (non-hydrogen) atoms. The highest BCUT2D eigenvalue weighted by atomic mass is 19.1. The number of carbonyl (C=O) groups is 2. The zero-order valence-electron chi connectivity index (χ0n) is 14.9. The summed E-state index contributed by atoms with van der Waals surface area (Å²) in [6.45, 7) is 1.97. The normalized spacial score (nSPS) is 10.4. The molecular weight excluding hydrogens is 365 g/mol. The maximum atomic E-state index is 13.1. The Morgan fingerprint density at radius 1 is 1.07 bits per heavy atom. The van der Waals surface area contributed by atoms with E-state index in [2.05, 4.69) is 10.4 Å². The van der Waals surface area contributed by atoms with Crippen molar-refractivity contribution < 1.29 is 18.7 Å². The molecule has 0 aliphatic heterocycles. The minimum Gasteiger partial charge on any atom is -0.462 e. The Hall–Kier alpha value is -3.81. The molecule has 1 amide bonds. The first-order chi connectivity index (χ1) is 13.5. The van der Waals surface area contributed by atoms with Crippen molar-refractivity contribution >= 4 is 17.6 Å². The number of nitrogens with one attached hydrogen (secondary N) is 1. The number of esters is 1. The summed E-state index contributed by atoms with van der Waals surface area (Å²) in [7, 11) is 0. The zero-order chi connectivity index (χ0) is 20.1. The van der Waals surface area contributed by atoms with E-state index in [1.807, 2.05) is 0 Å². The third-order valence-electron chi connectivity index (χ3n) is 3.77. The van der Waals surface area contributed by atoms with Crippen LogP contribution in [0.1, 0.15) is 27.8 Å². The highest BCUT2D eigenvalue weighted by Crippen LogP contribution is 2.12. The molecule has 0 aliphatic carbocycles. The summed E-state index contributed by atoms with van der Waals surface area (Å²) >= 11 is 0. The van der Waals surface area contributed by atoms with E-state index in [9.17, 15) is 18.8 Å². The Bertz CT molecular complexity index is 1060. The summed E-state index contributed by atoms with van der Waals surface area (Å²) in [5.74, 6) is -1.58. The van der Waals surface area contributed by atoms with Gasteiger partial charge in [0.15, 0.2) is 5.69 Å². The molecule has 0 atom stereocenters. The average Bonchev–Trinajstić information content (AvgIpc) is 2.69. The number of benzene rings is 2. The minimum atomic E-state index is -0.703. The van der Waals surface area contributed by atoms with Crippen molar-refractivity contribution in [1.82, 2.24) is 9.78 Å². The smallest absolute Gasteiger partial charge is 0.338 e. The Morgan fingerprint density at radius 3 is 2.39 bits per heavy atom. The molecule has 1 heterocycles. The molecular formula is C20H16FN3O4. The predicted octanol–water partition coefficient (Wildman–Crippen LogP) is 2.80. The molecule has 3 aromatic rings. The molecule has 142 valence electrons. The van der Waals surface area contributed by atoms with Gasteiger partial charge in [-0.25, -0.2) is 13.9 Å². The largest absolute Gasteiger partial charge is 0.462 e. The van der Waals surface area contributed by atoms with Crippen molar-refractivity contribution in [3.8, 4) is 5.69 Å². The monoisotopic (exact) mass is 381 g/mol. The van der Waals surface area contributed by atoms with Crippen LogP contribution in [0.15, 0.2) is 65.6 Å². The van der Waals surface area contributed by atoms with Crippen LogP contribution in [0.5, 0.6) is 0 Å². The van der Waals surface area contributed by atoms with Crippen molar-refractivity contribution in [2.75, 3.05) is 11.9 Å². The van der Waals surface area contributed by atoms with Gasteiger partial charge in [0.2, 0.25) is 5.43 Å². The van der Waals surface area contributed by atoms with E-state index >= 15 is 0 Å². The van der Waals surface area contributed by atoms with Crippen LogP contribution < -0.4 is 10.7 Å². The summed E-state index contributed by atoms with van der Waals surface area (Å²) in [6.07, 6.45) is 1.39. The summed E-state index contributed by atoms with van der Waals surface area (Å²) < 4.78 is 19.3. The van der Waals surface area contributed by atoms with Gasteiger partial charge in [-0.15, -0.1) is 0 Å². The molecule has 0 saturated heterocycles. The van der Waals surface area contributed by atoms with Crippen LogP contribution in [0.25, 0.3) is 5.69 Å². The number of rotatable bonds is 5. The first kappa shape index (κ1) is 19.0. The van der Waals surface area contributed by atoms with Crippen LogP contribution in [0.2, 0.25) is 0 Å². The zero-order valence-corrected chi connectivity index (χ0v) is 14.9. The van der Waals surface area contributed by atoms with Crippen molar-refractivity contribution in [3.05, 3.63) is 88.1 Å². The van der Waals surface area contributed by atoms with E-state index in [1.165, 1.54) is 65.5 Å². The lowest BCUT2D eigenvalue weighted by molar-refractivity contribution is 0.0526. The van der Waals surface area contributed by atoms with Gasteiger partial charge in [0, 0.05) is 18.0 Å². The van der Waals surface area contributed by atoms with E-state index in [4.69, 9.17) is 4.74 Å². The lowest BCUT2D eigenvalue weighted by Crippen LogP contribution is -2.25. The minimum absolute atomic E-state index is 0.261. The SMILES string of the molecule is CCOC(=O)c1ccc(NC(=O)c2nn(-c3ccc(F)cc3)ccc2=O)cc1. The van der Waals surface area contributed by atoms with Gasteiger partial charge in [-0.3, -0.25) is 9.59 Å². The van der Waals surface area contributed by atoms with E-state index in [0.29, 0.717) is 16.9 Å². The lowest BCUT2D eigenvalue weighted by Gasteiger charge is -2.08. The first-order valence-electron chi connectivity index (χ1n) is 8.42. The molecule has 2 aromatic carbocycles. The van der Waals surface area contributed by atoms with Crippen molar-refractivity contribution in [1.29, 1.82) is 0 Å². The van der Waals surface area contributed by atoms with Crippen LogP contribution in [-0.2, 0) is 4.74 Å². The number of aromatic nitrogens is 2. The van der Waals surface area contributed by atoms with Gasteiger partial charge < -0.3 is 10.1 Å². The molecule has 3 rings (SSSR count). The molecule has 1 N–H and O–H groups in total. The van der Waals surface area contributed by atoms with E-state index in [0.717, 1.165) is 0 Å². The molecule has 8 heteroatoms. The third-order valence-corrected chi connectivity index (χ3v) is 3.77. The molecule has 7 nitrogen and oxygen atoms in total. The van der Waals surface area contributed by atoms with Crippen LogP contribution in [0.4, 0.5) is 10.1 Å². The highest BCUT2D eigenvalue weighted by Gasteiger charge is 2.14. The van der Waals surface area contributed by atoms with Crippen molar-refractivity contribution in [2.24, 2.45) is 0 Å². The van der Waals surface area contributed by atoms with Crippen LogP contribution in [-0.4, -0.2) is 28.3 Å².